The van der Waals surface area contributed by atoms with E-state index >= 15 is 0 Å². The summed E-state index contributed by atoms with van der Waals surface area (Å²) in [5.41, 5.74) is 1.67. The Morgan fingerprint density at radius 1 is 1.41 bits per heavy atom. The molecule has 3 nitrogen and oxygen atoms in total. The predicted octanol–water partition coefficient (Wildman–Crippen LogP) is 2.63. The first kappa shape index (κ1) is 13.5. The van der Waals surface area contributed by atoms with E-state index < -0.39 is 0 Å². The van der Waals surface area contributed by atoms with Crippen LogP contribution < -0.4 is 10.1 Å². The molecule has 0 fully saturated rings. The van der Waals surface area contributed by atoms with Gasteiger partial charge in [0.25, 0.3) is 0 Å². The number of nitrogens with zero attached hydrogens (tertiary/aromatic N) is 1. The van der Waals surface area contributed by atoms with Gasteiger partial charge >= 0.3 is 0 Å². The van der Waals surface area contributed by atoms with Crippen molar-refractivity contribution in [3.63, 3.8) is 0 Å². The minimum Gasteiger partial charge on any atom is -0.494 e. The molecule has 0 aliphatic rings. The highest BCUT2D eigenvalue weighted by Gasteiger charge is 2.00. The summed E-state index contributed by atoms with van der Waals surface area (Å²) >= 11 is 0. The van der Waals surface area contributed by atoms with E-state index in [1.54, 1.807) is 6.07 Å². The smallest absolute Gasteiger partial charge is 0.119 e. The molecule has 1 rings (SSSR count). The van der Waals surface area contributed by atoms with E-state index in [4.69, 9.17) is 10.00 Å². The average molecular weight is 232 g/mol. The van der Waals surface area contributed by atoms with Crippen molar-refractivity contribution in [3.8, 4) is 11.8 Å². The van der Waals surface area contributed by atoms with Gasteiger partial charge in [-0.1, -0.05) is 13.8 Å². The van der Waals surface area contributed by atoms with Crippen molar-refractivity contribution in [2.24, 2.45) is 0 Å². The molecule has 17 heavy (non-hydrogen) atoms. The Morgan fingerprint density at radius 3 is 2.76 bits per heavy atom. The first-order valence-corrected chi connectivity index (χ1v) is 6.00. The van der Waals surface area contributed by atoms with Gasteiger partial charge in [-0.15, -0.1) is 0 Å². The molecule has 0 spiro atoms. The van der Waals surface area contributed by atoms with Crippen molar-refractivity contribution in [2.75, 3.05) is 13.2 Å². The number of aryl methyl sites for hydroxylation is 1. The Bertz CT molecular complexity index is 394. The van der Waals surface area contributed by atoms with Gasteiger partial charge in [0.1, 0.15) is 5.75 Å². The van der Waals surface area contributed by atoms with Crippen LogP contribution in [-0.2, 0) is 0 Å². The van der Waals surface area contributed by atoms with E-state index in [0.717, 1.165) is 24.3 Å². The van der Waals surface area contributed by atoms with Crippen LogP contribution in [0.1, 0.15) is 31.4 Å². The Labute approximate surface area is 103 Å². The number of benzene rings is 1. The first-order valence-electron chi connectivity index (χ1n) is 6.00. The highest BCUT2D eigenvalue weighted by molar-refractivity contribution is 5.41. The van der Waals surface area contributed by atoms with Crippen molar-refractivity contribution >= 4 is 0 Å². The van der Waals surface area contributed by atoms with Gasteiger partial charge in [-0.2, -0.15) is 5.26 Å². The van der Waals surface area contributed by atoms with Gasteiger partial charge < -0.3 is 10.1 Å². The lowest BCUT2D eigenvalue weighted by Crippen LogP contribution is -2.24. The number of hydrogen-bond donors (Lipinski definition) is 1. The van der Waals surface area contributed by atoms with Crippen LogP contribution in [0, 0.1) is 18.3 Å². The van der Waals surface area contributed by atoms with E-state index in [1.807, 2.05) is 19.1 Å². The molecule has 0 aliphatic carbocycles. The zero-order valence-corrected chi connectivity index (χ0v) is 10.8. The Hall–Kier alpha value is -1.53. The molecule has 0 amide bonds. The van der Waals surface area contributed by atoms with Crippen LogP contribution in [0.3, 0.4) is 0 Å². The lowest BCUT2D eigenvalue weighted by molar-refractivity contribution is 0.306. The molecule has 1 N–H and O–H groups in total. The van der Waals surface area contributed by atoms with Crippen molar-refractivity contribution in [1.82, 2.24) is 5.32 Å². The normalized spacial score (nSPS) is 10.3. The third kappa shape index (κ3) is 4.88. The standard InChI is InChI=1S/C14H20N2O/c1-11(2)16-7-4-8-17-14-6-5-13(10-15)12(3)9-14/h5-6,9,11,16H,4,7-8H2,1-3H3. The summed E-state index contributed by atoms with van der Waals surface area (Å²) in [5, 5.41) is 12.1. The number of nitriles is 1. The third-order valence-corrected chi connectivity index (χ3v) is 2.46. The highest BCUT2D eigenvalue weighted by atomic mass is 16.5. The minimum absolute atomic E-state index is 0.521. The monoisotopic (exact) mass is 232 g/mol. The highest BCUT2D eigenvalue weighted by Crippen LogP contribution is 2.16. The lowest BCUT2D eigenvalue weighted by atomic mass is 10.1. The van der Waals surface area contributed by atoms with Gasteiger partial charge in [0, 0.05) is 6.04 Å². The fourth-order valence-corrected chi connectivity index (χ4v) is 1.50. The zero-order valence-electron chi connectivity index (χ0n) is 10.8. The summed E-state index contributed by atoms with van der Waals surface area (Å²) in [5.74, 6) is 0.839. The van der Waals surface area contributed by atoms with Crippen molar-refractivity contribution < 1.29 is 4.74 Å². The molecule has 1 aromatic rings. The lowest BCUT2D eigenvalue weighted by Gasteiger charge is -2.09. The largest absolute Gasteiger partial charge is 0.494 e. The summed E-state index contributed by atoms with van der Waals surface area (Å²) in [4.78, 5) is 0. The molecule has 0 saturated carbocycles. The van der Waals surface area contributed by atoms with Crippen molar-refractivity contribution in [2.45, 2.75) is 33.2 Å². The molecule has 1 aromatic carbocycles. The quantitative estimate of drug-likeness (QED) is 0.767. The Morgan fingerprint density at radius 2 is 2.18 bits per heavy atom. The molecule has 3 heteroatoms. The number of hydrogen-bond acceptors (Lipinski definition) is 3. The van der Waals surface area contributed by atoms with Crippen LogP contribution in [0.2, 0.25) is 0 Å². The van der Waals surface area contributed by atoms with Crippen molar-refractivity contribution in [1.29, 1.82) is 5.26 Å². The maximum absolute atomic E-state index is 8.81. The van der Waals surface area contributed by atoms with Gasteiger partial charge in [-0.3, -0.25) is 0 Å². The number of nitrogens with one attached hydrogen (secondary N) is 1. The van der Waals surface area contributed by atoms with E-state index in [2.05, 4.69) is 25.2 Å². The Kier molecular flexibility index (Phi) is 5.51. The molecule has 0 saturated heterocycles. The second-order valence-corrected chi connectivity index (χ2v) is 4.40. The fraction of sp³-hybridized carbons (Fsp3) is 0.500. The Balaban J connectivity index is 2.33. The molecule has 0 heterocycles. The van der Waals surface area contributed by atoms with Crippen LogP contribution in [0.25, 0.3) is 0 Å². The van der Waals surface area contributed by atoms with Crippen molar-refractivity contribution in [3.05, 3.63) is 29.3 Å². The molecular weight excluding hydrogens is 212 g/mol. The van der Waals surface area contributed by atoms with E-state index in [9.17, 15) is 0 Å². The zero-order chi connectivity index (χ0) is 12.7. The molecule has 0 bridgehead atoms. The van der Waals surface area contributed by atoms with E-state index in [-0.39, 0.29) is 0 Å². The number of ether oxygens (including phenoxy) is 1. The van der Waals surface area contributed by atoms with Gasteiger partial charge in [0.15, 0.2) is 0 Å². The van der Waals surface area contributed by atoms with Crippen LogP contribution >= 0.6 is 0 Å². The molecule has 0 radical (unpaired) electrons. The van der Waals surface area contributed by atoms with Gasteiger partial charge in [-0.05, 0) is 43.7 Å². The second-order valence-electron chi connectivity index (χ2n) is 4.40. The molecule has 92 valence electrons. The second kappa shape index (κ2) is 6.93. The maximum Gasteiger partial charge on any atom is 0.119 e. The van der Waals surface area contributed by atoms with E-state index in [1.165, 1.54) is 0 Å². The molecular formula is C14H20N2O. The predicted molar refractivity (Wildman–Crippen MR) is 69.1 cm³/mol. The van der Waals surface area contributed by atoms with Crippen LogP contribution in [-0.4, -0.2) is 19.2 Å². The van der Waals surface area contributed by atoms with Gasteiger partial charge in [0.2, 0.25) is 0 Å². The average Bonchev–Trinajstić information content (AvgIpc) is 2.28. The molecule has 0 unspecified atom stereocenters. The van der Waals surface area contributed by atoms with Crippen LogP contribution in [0.5, 0.6) is 5.75 Å². The van der Waals surface area contributed by atoms with Gasteiger partial charge in [0.05, 0.1) is 18.2 Å². The minimum atomic E-state index is 0.521. The molecule has 0 atom stereocenters. The first-order chi connectivity index (χ1) is 8.13. The maximum atomic E-state index is 8.81. The summed E-state index contributed by atoms with van der Waals surface area (Å²) in [7, 11) is 0. The van der Waals surface area contributed by atoms with Gasteiger partial charge in [-0.25, -0.2) is 0 Å². The summed E-state index contributed by atoms with van der Waals surface area (Å²) in [6.07, 6.45) is 0.983. The van der Waals surface area contributed by atoms with Crippen LogP contribution in [0.4, 0.5) is 0 Å². The molecule has 0 aromatic heterocycles. The molecule has 0 aliphatic heterocycles. The topological polar surface area (TPSA) is 45.0 Å². The van der Waals surface area contributed by atoms with E-state index in [0.29, 0.717) is 18.2 Å². The SMILES string of the molecule is Cc1cc(OCCCNC(C)C)ccc1C#N. The summed E-state index contributed by atoms with van der Waals surface area (Å²) in [6.45, 7) is 7.85. The summed E-state index contributed by atoms with van der Waals surface area (Å²) in [6, 6.07) is 8.23. The fourth-order valence-electron chi connectivity index (χ4n) is 1.50. The van der Waals surface area contributed by atoms with Crippen LogP contribution in [0.15, 0.2) is 18.2 Å². The number of rotatable bonds is 6. The third-order valence-electron chi connectivity index (χ3n) is 2.46. The summed E-state index contributed by atoms with van der Waals surface area (Å²) < 4.78 is 5.62.